The van der Waals surface area contributed by atoms with Gasteiger partial charge in [0.1, 0.15) is 5.78 Å². The molecule has 1 aliphatic heterocycles. The summed E-state index contributed by atoms with van der Waals surface area (Å²) in [7, 11) is 0. The van der Waals surface area contributed by atoms with Crippen LogP contribution in [0.4, 0.5) is 0 Å². The van der Waals surface area contributed by atoms with Crippen LogP contribution in [0.5, 0.6) is 0 Å². The summed E-state index contributed by atoms with van der Waals surface area (Å²) in [6, 6.07) is 0. The van der Waals surface area contributed by atoms with Gasteiger partial charge in [0.25, 0.3) is 0 Å². The zero-order chi connectivity index (χ0) is 19.5. The van der Waals surface area contributed by atoms with E-state index in [0.29, 0.717) is 23.5 Å². The maximum atomic E-state index is 13.5. The molecule has 5 rings (SSSR count). The highest BCUT2D eigenvalue weighted by Gasteiger charge is 2.61. The van der Waals surface area contributed by atoms with Gasteiger partial charge in [0.2, 0.25) is 0 Å². The number of ketones is 1. The minimum Gasteiger partial charge on any atom is -0.393 e. The number of Topliss-reactive ketones (excluding diaryl/α,β-unsaturated/α-hetero) is 1. The number of aliphatic hydroxyl groups excluding tert-OH is 1. The smallest absolute Gasteiger partial charge is 0.143 e. The number of hydrogen-bond donors (Lipinski definition) is 1. The molecule has 0 radical (unpaired) electrons. The standard InChI is InChI=1S/C24H37NO3/c1-23-7-5-18(26)14-17(23)3-4-19-20(23)6-8-24(2)21(19)13-16(22(24)27)15-25-9-11-28-12-10-25/h3,16,18-21,26H,4-15H2,1-2H3/t16-,18+,19+,20-,21-,23+,24+/m1/s1. The summed E-state index contributed by atoms with van der Waals surface area (Å²) in [6.07, 6.45) is 9.74. The van der Waals surface area contributed by atoms with E-state index in [-0.39, 0.29) is 22.9 Å². The van der Waals surface area contributed by atoms with Gasteiger partial charge in [-0.15, -0.1) is 0 Å². The van der Waals surface area contributed by atoms with E-state index < -0.39 is 0 Å². The van der Waals surface area contributed by atoms with Crippen molar-refractivity contribution in [1.29, 1.82) is 0 Å². The van der Waals surface area contributed by atoms with Crippen molar-refractivity contribution in [1.82, 2.24) is 4.90 Å². The summed E-state index contributed by atoms with van der Waals surface area (Å²) in [4.78, 5) is 16.0. The van der Waals surface area contributed by atoms with Crippen LogP contribution < -0.4 is 0 Å². The second kappa shape index (κ2) is 6.92. The summed E-state index contributed by atoms with van der Waals surface area (Å²) in [5.41, 5.74) is 1.67. The number of hydrogen-bond acceptors (Lipinski definition) is 4. The Kier molecular flexibility index (Phi) is 4.76. The van der Waals surface area contributed by atoms with Crippen LogP contribution in [0.1, 0.15) is 58.8 Å². The molecule has 4 aliphatic carbocycles. The third-order valence-electron chi connectivity index (χ3n) is 9.52. The molecule has 0 aromatic heterocycles. The van der Waals surface area contributed by atoms with Crippen molar-refractivity contribution in [2.24, 2.45) is 34.5 Å². The van der Waals surface area contributed by atoms with Gasteiger partial charge in [0.05, 0.1) is 19.3 Å². The second-order valence-electron chi connectivity index (χ2n) is 10.8. The van der Waals surface area contributed by atoms with Crippen molar-refractivity contribution in [2.45, 2.75) is 64.9 Å². The number of aliphatic hydroxyl groups is 1. The van der Waals surface area contributed by atoms with E-state index in [4.69, 9.17) is 4.74 Å². The Morgan fingerprint density at radius 2 is 1.89 bits per heavy atom. The summed E-state index contributed by atoms with van der Waals surface area (Å²) < 4.78 is 5.49. The van der Waals surface area contributed by atoms with Gasteiger partial charge in [-0.1, -0.05) is 25.5 Å². The van der Waals surface area contributed by atoms with Crippen LogP contribution in [0.3, 0.4) is 0 Å². The van der Waals surface area contributed by atoms with Crippen LogP contribution in [-0.4, -0.2) is 54.7 Å². The topological polar surface area (TPSA) is 49.8 Å². The number of morpholine rings is 1. The monoisotopic (exact) mass is 387 g/mol. The maximum Gasteiger partial charge on any atom is 0.143 e. The Hall–Kier alpha value is -0.710. The number of carbonyl (C=O) groups is 1. The first-order valence-electron chi connectivity index (χ1n) is 11.6. The molecule has 0 aromatic rings. The first-order valence-corrected chi connectivity index (χ1v) is 11.6. The molecule has 4 heteroatoms. The fraction of sp³-hybridized carbons (Fsp3) is 0.875. The SMILES string of the molecule is C[C@]12CC[C@H](O)CC1=CC[C@H]1[C@H]2CC[C@]2(C)C(=O)[C@@H](CN3CCOCC3)C[C@H]12. The number of carbonyl (C=O) groups excluding carboxylic acids is 1. The highest BCUT2D eigenvalue weighted by Crippen LogP contribution is 2.64. The molecule has 4 fully saturated rings. The third-order valence-corrected chi connectivity index (χ3v) is 9.52. The second-order valence-corrected chi connectivity index (χ2v) is 10.8. The van der Waals surface area contributed by atoms with E-state index in [9.17, 15) is 9.90 Å². The average Bonchev–Trinajstić information content (AvgIpc) is 2.94. The van der Waals surface area contributed by atoms with Gasteiger partial charge in [-0.25, -0.2) is 0 Å². The Morgan fingerprint density at radius 3 is 2.68 bits per heavy atom. The fourth-order valence-corrected chi connectivity index (χ4v) is 7.84. The van der Waals surface area contributed by atoms with Crippen LogP contribution >= 0.6 is 0 Å². The summed E-state index contributed by atoms with van der Waals surface area (Å²) in [5.74, 6) is 2.68. The van der Waals surface area contributed by atoms with Gasteiger partial charge in [0.15, 0.2) is 0 Å². The zero-order valence-electron chi connectivity index (χ0n) is 17.7. The van der Waals surface area contributed by atoms with Crippen molar-refractivity contribution in [3.63, 3.8) is 0 Å². The van der Waals surface area contributed by atoms with E-state index in [0.717, 1.165) is 71.4 Å². The Bertz CT molecular complexity index is 669. The van der Waals surface area contributed by atoms with E-state index in [1.807, 2.05) is 0 Å². The number of fused-ring (bicyclic) bond motifs is 5. The Balaban J connectivity index is 1.38. The van der Waals surface area contributed by atoms with Crippen molar-refractivity contribution in [3.8, 4) is 0 Å². The summed E-state index contributed by atoms with van der Waals surface area (Å²) in [5, 5.41) is 10.2. The molecule has 156 valence electrons. The highest BCUT2D eigenvalue weighted by molar-refractivity contribution is 5.89. The van der Waals surface area contributed by atoms with E-state index in [1.165, 1.54) is 12.0 Å². The van der Waals surface area contributed by atoms with Crippen LogP contribution in [0.15, 0.2) is 11.6 Å². The van der Waals surface area contributed by atoms with Gasteiger partial charge in [-0.05, 0) is 68.1 Å². The fourth-order valence-electron chi connectivity index (χ4n) is 7.84. The molecule has 0 unspecified atom stereocenters. The van der Waals surface area contributed by atoms with Crippen molar-refractivity contribution in [3.05, 3.63) is 11.6 Å². The molecule has 0 bridgehead atoms. The lowest BCUT2D eigenvalue weighted by molar-refractivity contribution is -0.134. The van der Waals surface area contributed by atoms with Gasteiger partial charge in [-0.2, -0.15) is 0 Å². The molecule has 1 heterocycles. The number of nitrogens with zero attached hydrogens (tertiary/aromatic N) is 1. The van der Waals surface area contributed by atoms with Crippen molar-refractivity contribution < 1.29 is 14.6 Å². The third kappa shape index (κ3) is 2.86. The quantitative estimate of drug-likeness (QED) is 0.738. The molecule has 3 saturated carbocycles. The van der Waals surface area contributed by atoms with Gasteiger partial charge >= 0.3 is 0 Å². The van der Waals surface area contributed by atoms with Crippen molar-refractivity contribution >= 4 is 5.78 Å². The van der Waals surface area contributed by atoms with Gasteiger partial charge < -0.3 is 9.84 Å². The number of ether oxygens (including phenoxy) is 1. The van der Waals surface area contributed by atoms with Crippen LogP contribution in [-0.2, 0) is 9.53 Å². The molecule has 1 N–H and O–H groups in total. The van der Waals surface area contributed by atoms with Crippen LogP contribution in [0.2, 0.25) is 0 Å². The predicted octanol–water partition coefficient (Wildman–Crippen LogP) is 3.44. The van der Waals surface area contributed by atoms with E-state index in [1.54, 1.807) is 0 Å². The highest BCUT2D eigenvalue weighted by atomic mass is 16.5. The lowest BCUT2D eigenvalue weighted by atomic mass is 9.48. The first-order chi connectivity index (χ1) is 13.4. The molecule has 7 atom stereocenters. The molecule has 0 spiro atoms. The average molecular weight is 388 g/mol. The first kappa shape index (κ1) is 19.3. The van der Waals surface area contributed by atoms with Crippen molar-refractivity contribution in [2.75, 3.05) is 32.8 Å². The molecular formula is C24H37NO3. The van der Waals surface area contributed by atoms with Crippen LogP contribution in [0.25, 0.3) is 0 Å². The molecule has 28 heavy (non-hydrogen) atoms. The minimum absolute atomic E-state index is 0.103. The molecule has 0 aromatic carbocycles. The molecule has 0 amide bonds. The Morgan fingerprint density at radius 1 is 1.14 bits per heavy atom. The maximum absolute atomic E-state index is 13.5. The largest absolute Gasteiger partial charge is 0.393 e. The number of allylic oxidation sites excluding steroid dienone is 1. The number of rotatable bonds is 2. The summed E-state index contributed by atoms with van der Waals surface area (Å²) in [6.45, 7) is 9.27. The molecule has 4 nitrogen and oxygen atoms in total. The predicted molar refractivity (Wildman–Crippen MR) is 109 cm³/mol. The van der Waals surface area contributed by atoms with Gasteiger partial charge in [0, 0.05) is 31.0 Å². The van der Waals surface area contributed by atoms with E-state index in [2.05, 4.69) is 24.8 Å². The van der Waals surface area contributed by atoms with Crippen LogP contribution in [0, 0.1) is 34.5 Å². The molecule has 1 saturated heterocycles. The normalized spacial score (nSPS) is 49.2. The molecule has 5 aliphatic rings. The minimum atomic E-state index is -0.143. The lowest BCUT2D eigenvalue weighted by Gasteiger charge is -2.56. The molecular weight excluding hydrogens is 350 g/mol. The zero-order valence-corrected chi connectivity index (χ0v) is 17.7. The lowest BCUT2D eigenvalue weighted by Crippen LogP contribution is -2.50. The van der Waals surface area contributed by atoms with Gasteiger partial charge in [-0.3, -0.25) is 9.69 Å². The summed E-state index contributed by atoms with van der Waals surface area (Å²) >= 11 is 0. The Labute approximate surface area is 169 Å². The van der Waals surface area contributed by atoms with E-state index >= 15 is 0 Å².